The number of nitrogens with zero attached hydrogens (tertiary/aromatic N) is 2. The zero-order valence-corrected chi connectivity index (χ0v) is 13.9. The van der Waals surface area contributed by atoms with Crippen molar-refractivity contribution >= 4 is 11.4 Å². The maximum Gasteiger partial charge on any atom is 0.422 e. The molecule has 0 amide bonds. The Labute approximate surface area is 131 Å². The first kappa shape index (κ1) is 19.0. The third-order valence-corrected chi connectivity index (χ3v) is 4.26. The third-order valence-electron chi connectivity index (χ3n) is 2.58. The second-order valence-corrected chi connectivity index (χ2v) is 7.81. The molecule has 0 aliphatic carbocycles. The molecule has 0 saturated carbocycles. The molecule has 1 aromatic rings. The molecule has 1 heterocycles. The molecule has 22 heavy (non-hydrogen) atoms. The Bertz CT molecular complexity index is 506. The molecule has 1 rings (SSSR count). The zero-order chi connectivity index (χ0) is 17.1. The van der Waals surface area contributed by atoms with E-state index in [9.17, 15) is 17.7 Å². The van der Waals surface area contributed by atoms with Crippen LogP contribution in [0.5, 0.6) is 5.88 Å². The van der Waals surface area contributed by atoms with Crippen molar-refractivity contribution in [3.8, 4) is 5.88 Å². The van der Waals surface area contributed by atoms with E-state index in [1.54, 1.807) is 6.92 Å². The normalized spacial score (nSPS) is 15.5. The number of ether oxygens (including phenoxy) is 1. The predicted octanol–water partition coefficient (Wildman–Crippen LogP) is 2.84. The van der Waals surface area contributed by atoms with Crippen LogP contribution < -0.4 is 9.46 Å². The summed E-state index contributed by atoms with van der Waals surface area (Å²) in [5.74, 6) is -0.162. The number of aromatic nitrogens is 2. The number of hydrogen-bond acceptors (Lipinski definition) is 5. The molecule has 0 aliphatic heterocycles. The standard InChI is InChI=1S/C13H20F3N3O2S/c1-8(19-22(20)12(3,4)5)10-6-17-11(9(2)18-10)21-7-13(14,15)16/h6,8,19H,7H2,1-5H3/t8?,22-/m1/s1. The fourth-order valence-corrected chi connectivity index (χ4v) is 2.18. The lowest BCUT2D eigenvalue weighted by Crippen LogP contribution is -2.40. The summed E-state index contributed by atoms with van der Waals surface area (Å²) in [7, 11) is 0. The van der Waals surface area contributed by atoms with Crippen LogP contribution in [0.25, 0.3) is 0 Å². The molecule has 0 radical (unpaired) electrons. The van der Waals surface area contributed by atoms with Crippen LogP contribution in [0.2, 0.25) is 0 Å². The second kappa shape index (κ2) is 7.01. The number of hydrogen-bond donors (Lipinski definition) is 1. The highest BCUT2D eigenvalue weighted by atomic mass is 32.2. The Morgan fingerprint density at radius 3 is 2.41 bits per heavy atom. The molecule has 9 heteroatoms. The Hall–Kier alpha value is -1.06. The van der Waals surface area contributed by atoms with E-state index in [1.165, 1.54) is 13.1 Å². The lowest BCUT2D eigenvalue weighted by Gasteiger charge is -2.26. The van der Waals surface area contributed by atoms with Gasteiger partial charge in [0, 0.05) is 11.4 Å². The van der Waals surface area contributed by atoms with Gasteiger partial charge in [0.05, 0.1) is 23.6 Å². The minimum Gasteiger partial charge on any atom is -0.598 e. The van der Waals surface area contributed by atoms with Gasteiger partial charge in [-0.05, 0) is 34.6 Å². The minimum atomic E-state index is -4.43. The molecule has 0 aliphatic rings. The van der Waals surface area contributed by atoms with Crippen LogP contribution in [0.4, 0.5) is 13.2 Å². The molecule has 5 nitrogen and oxygen atoms in total. The predicted molar refractivity (Wildman–Crippen MR) is 77.8 cm³/mol. The van der Waals surface area contributed by atoms with E-state index in [1.807, 2.05) is 20.8 Å². The van der Waals surface area contributed by atoms with Crippen LogP contribution in [0, 0.1) is 6.92 Å². The lowest BCUT2D eigenvalue weighted by atomic mass is 10.2. The lowest BCUT2D eigenvalue weighted by molar-refractivity contribution is -0.154. The van der Waals surface area contributed by atoms with Crippen LogP contribution in [-0.2, 0) is 11.4 Å². The van der Waals surface area contributed by atoms with Gasteiger partial charge in [-0.15, -0.1) is 4.72 Å². The van der Waals surface area contributed by atoms with Crippen LogP contribution in [0.15, 0.2) is 6.20 Å². The fraction of sp³-hybridized carbons (Fsp3) is 0.692. The summed E-state index contributed by atoms with van der Waals surface area (Å²) >= 11 is -1.29. The van der Waals surface area contributed by atoms with Gasteiger partial charge in [-0.25, -0.2) is 9.97 Å². The Kier molecular flexibility index (Phi) is 6.05. The monoisotopic (exact) mass is 339 g/mol. The smallest absolute Gasteiger partial charge is 0.422 e. The van der Waals surface area contributed by atoms with Gasteiger partial charge >= 0.3 is 6.18 Å². The van der Waals surface area contributed by atoms with Gasteiger partial charge in [-0.1, -0.05) is 0 Å². The van der Waals surface area contributed by atoms with Crippen molar-refractivity contribution in [2.45, 2.75) is 51.6 Å². The molecule has 126 valence electrons. The molecular weight excluding hydrogens is 319 g/mol. The summed E-state index contributed by atoms with van der Waals surface area (Å²) < 4.78 is 55.4. The average molecular weight is 339 g/mol. The topological polar surface area (TPSA) is 70.1 Å². The summed E-state index contributed by atoms with van der Waals surface area (Å²) in [5.41, 5.74) is 0.728. The van der Waals surface area contributed by atoms with Crippen LogP contribution in [-0.4, -0.2) is 32.1 Å². The minimum absolute atomic E-state index is 0.162. The van der Waals surface area contributed by atoms with Crippen molar-refractivity contribution < 1.29 is 22.5 Å². The van der Waals surface area contributed by atoms with E-state index in [4.69, 9.17) is 0 Å². The highest BCUT2D eigenvalue weighted by molar-refractivity contribution is 7.90. The summed E-state index contributed by atoms with van der Waals surface area (Å²) in [4.78, 5) is 8.01. The van der Waals surface area contributed by atoms with E-state index < -0.39 is 28.9 Å². The molecule has 0 bridgehead atoms. The molecule has 2 atom stereocenters. The summed E-state index contributed by atoms with van der Waals surface area (Å²) in [5, 5.41) is 0. The van der Waals surface area contributed by atoms with E-state index in [0.29, 0.717) is 5.69 Å². The molecule has 0 spiro atoms. The van der Waals surface area contributed by atoms with Crippen molar-refractivity contribution in [3.05, 3.63) is 17.6 Å². The van der Waals surface area contributed by atoms with Gasteiger partial charge in [-0.2, -0.15) is 13.2 Å². The fourth-order valence-electron chi connectivity index (χ4n) is 1.39. The third kappa shape index (κ3) is 5.98. The summed E-state index contributed by atoms with van der Waals surface area (Å²) in [6.45, 7) is 7.33. The molecule has 0 fully saturated rings. The van der Waals surface area contributed by atoms with Crippen LogP contribution in [0.1, 0.15) is 45.1 Å². The molecule has 1 N–H and O–H groups in total. The molecule has 1 aromatic heterocycles. The quantitative estimate of drug-likeness (QED) is 0.836. The highest BCUT2D eigenvalue weighted by Crippen LogP contribution is 2.22. The SMILES string of the molecule is Cc1nc(C(C)N[S@+]([O-])C(C)(C)C)cnc1OCC(F)(F)F. The van der Waals surface area contributed by atoms with Gasteiger partial charge in [0.1, 0.15) is 4.75 Å². The zero-order valence-electron chi connectivity index (χ0n) is 13.1. The first-order valence-electron chi connectivity index (χ1n) is 6.61. The molecule has 0 saturated heterocycles. The van der Waals surface area contributed by atoms with Crippen molar-refractivity contribution in [2.24, 2.45) is 0 Å². The van der Waals surface area contributed by atoms with Crippen molar-refractivity contribution in [2.75, 3.05) is 6.61 Å². The Morgan fingerprint density at radius 2 is 1.95 bits per heavy atom. The number of aryl methyl sites for hydroxylation is 1. The Balaban J connectivity index is 2.76. The number of nitrogens with one attached hydrogen (secondary N) is 1. The maximum atomic E-state index is 12.1. The average Bonchev–Trinajstić information content (AvgIpc) is 2.34. The van der Waals surface area contributed by atoms with Gasteiger partial charge in [-0.3, -0.25) is 0 Å². The van der Waals surface area contributed by atoms with E-state index in [2.05, 4.69) is 19.4 Å². The van der Waals surface area contributed by atoms with Crippen molar-refractivity contribution in [3.63, 3.8) is 0 Å². The van der Waals surface area contributed by atoms with Gasteiger partial charge in [0.15, 0.2) is 6.61 Å². The molecular formula is C13H20F3N3O2S. The molecule has 1 unspecified atom stereocenters. The Morgan fingerprint density at radius 1 is 1.36 bits per heavy atom. The largest absolute Gasteiger partial charge is 0.598 e. The van der Waals surface area contributed by atoms with E-state index in [0.717, 1.165) is 0 Å². The number of halogens is 3. The van der Waals surface area contributed by atoms with Gasteiger partial charge in [0.25, 0.3) is 0 Å². The summed E-state index contributed by atoms with van der Waals surface area (Å²) in [6.07, 6.45) is -3.11. The van der Waals surface area contributed by atoms with E-state index >= 15 is 0 Å². The molecule has 0 aromatic carbocycles. The van der Waals surface area contributed by atoms with Gasteiger partial charge in [0.2, 0.25) is 5.88 Å². The van der Waals surface area contributed by atoms with E-state index in [-0.39, 0.29) is 17.6 Å². The first-order valence-corrected chi connectivity index (χ1v) is 7.76. The first-order chi connectivity index (χ1) is 9.90. The van der Waals surface area contributed by atoms with Crippen molar-refractivity contribution in [1.29, 1.82) is 0 Å². The number of rotatable bonds is 5. The summed E-state index contributed by atoms with van der Waals surface area (Å²) in [6, 6.07) is -0.358. The van der Waals surface area contributed by atoms with Gasteiger partial charge < -0.3 is 9.29 Å². The van der Waals surface area contributed by atoms with Crippen molar-refractivity contribution in [1.82, 2.24) is 14.7 Å². The highest BCUT2D eigenvalue weighted by Gasteiger charge is 2.30. The second-order valence-electron chi connectivity index (χ2n) is 5.81. The maximum absolute atomic E-state index is 12.1. The van der Waals surface area contributed by atoms with Crippen LogP contribution >= 0.6 is 0 Å². The number of alkyl halides is 3. The van der Waals surface area contributed by atoms with Crippen LogP contribution in [0.3, 0.4) is 0 Å².